The number of aryl methyl sites for hydroxylation is 1. The molecule has 0 bridgehead atoms. The lowest BCUT2D eigenvalue weighted by atomic mass is 10.1. The van der Waals surface area contributed by atoms with E-state index in [1.165, 1.54) is 6.20 Å². The summed E-state index contributed by atoms with van der Waals surface area (Å²) >= 11 is 0. The van der Waals surface area contributed by atoms with Gasteiger partial charge in [-0.05, 0) is 50.1 Å². The zero-order valence-corrected chi connectivity index (χ0v) is 14.7. The molecule has 0 radical (unpaired) electrons. The number of carboxylic acid groups (broad SMARTS) is 1. The number of anilines is 1. The lowest BCUT2D eigenvalue weighted by Crippen LogP contribution is -2.47. The van der Waals surface area contributed by atoms with Gasteiger partial charge in [0.05, 0.1) is 6.54 Å². The Bertz CT molecular complexity index is 820. The number of aromatic nitrogens is 1. The molecule has 1 aromatic heterocycles. The van der Waals surface area contributed by atoms with Crippen LogP contribution in [0.5, 0.6) is 11.6 Å². The maximum Gasteiger partial charge on any atom is 0.337 e. The predicted octanol–water partition coefficient (Wildman–Crippen LogP) is 2.45. The van der Waals surface area contributed by atoms with Gasteiger partial charge in [0, 0.05) is 6.20 Å². The Morgan fingerprint density at radius 2 is 1.96 bits per heavy atom. The monoisotopic (exact) mass is 359 g/mol. The van der Waals surface area contributed by atoms with Crippen molar-refractivity contribution in [2.24, 2.45) is 0 Å². The number of urea groups is 1. The number of hydrogen-bond donors (Lipinski definition) is 4. The molecule has 0 spiro atoms. The van der Waals surface area contributed by atoms with Crippen molar-refractivity contribution < 1.29 is 24.5 Å². The van der Waals surface area contributed by atoms with Crippen molar-refractivity contribution in [3.63, 3.8) is 0 Å². The molecular formula is C18H21N3O5. The van der Waals surface area contributed by atoms with Gasteiger partial charge in [-0.3, -0.25) is 0 Å². The Morgan fingerprint density at radius 3 is 2.65 bits per heavy atom. The van der Waals surface area contributed by atoms with Gasteiger partial charge in [0.2, 0.25) is 5.88 Å². The fourth-order valence-corrected chi connectivity index (χ4v) is 2.00. The SMILES string of the molecule is Cc1cccc(Oc2ncccc2NC(=O)NCC(C)(O)C(=O)O)c1C. The van der Waals surface area contributed by atoms with Crippen molar-refractivity contribution in [3.8, 4) is 11.6 Å². The van der Waals surface area contributed by atoms with Gasteiger partial charge in [-0.2, -0.15) is 0 Å². The number of nitrogens with zero attached hydrogens (tertiary/aromatic N) is 1. The quantitative estimate of drug-likeness (QED) is 0.629. The van der Waals surface area contributed by atoms with Crippen LogP contribution in [-0.2, 0) is 4.79 Å². The Balaban J connectivity index is 2.10. The highest BCUT2D eigenvalue weighted by molar-refractivity contribution is 5.91. The van der Waals surface area contributed by atoms with Crippen LogP contribution in [0.25, 0.3) is 0 Å². The average molecular weight is 359 g/mol. The molecule has 0 aliphatic rings. The number of nitrogens with one attached hydrogen (secondary N) is 2. The number of hydrogen-bond acceptors (Lipinski definition) is 5. The molecule has 0 aliphatic carbocycles. The Kier molecular flexibility index (Phi) is 5.78. The normalized spacial score (nSPS) is 12.8. The first-order chi connectivity index (χ1) is 12.2. The second-order valence-electron chi connectivity index (χ2n) is 6.04. The Labute approximate surface area is 150 Å². The molecule has 1 atom stereocenters. The third kappa shape index (κ3) is 4.70. The second-order valence-corrected chi connectivity index (χ2v) is 6.04. The van der Waals surface area contributed by atoms with Gasteiger partial charge in [-0.25, -0.2) is 14.6 Å². The summed E-state index contributed by atoms with van der Waals surface area (Å²) in [5.41, 5.74) is 0.248. The van der Waals surface area contributed by atoms with Crippen LogP contribution in [0.2, 0.25) is 0 Å². The smallest absolute Gasteiger partial charge is 0.337 e. The van der Waals surface area contributed by atoms with Crippen LogP contribution in [0.3, 0.4) is 0 Å². The van der Waals surface area contributed by atoms with E-state index in [1.54, 1.807) is 18.2 Å². The zero-order valence-electron chi connectivity index (χ0n) is 14.7. The Morgan fingerprint density at radius 1 is 1.23 bits per heavy atom. The molecule has 4 N–H and O–H groups in total. The third-order valence-corrected chi connectivity index (χ3v) is 3.83. The number of aliphatic hydroxyl groups is 1. The summed E-state index contributed by atoms with van der Waals surface area (Å²) < 4.78 is 5.81. The van der Waals surface area contributed by atoms with Crippen molar-refractivity contribution in [1.29, 1.82) is 0 Å². The van der Waals surface area contributed by atoms with Gasteiger partial charge in [-0.1, -0.05) is 12.1 Å². The second kappa shape index (κ2) is 7.83. The highest BCUT2D eigenvalue weighted by Crippen LogP contribution is 2.30. The molecule has 1 unspecified atom stereocenters. The van der Waals surface area contributed by atoms with E-state index < -0.39 is 24.1 Å². The van der Waals surface area contributed by atoms with Crippen LogP contribution in [-0.4, -0.2) is 39.3 Å². The minimum absolute atomic E-state index is 0.196. The maximum absolute atomic E-state index is 12.0. The average Bonchev–Trinajstić information content (AvgIpc) is 2.59. The number of carbonyl (C=O) groups excluding carboxylic acids is 1. The van der Waals surface area contributed by atoms with Crippen molar-refractivity contribution >= 4 is 17.7 Å². The molecule has 2 amide bonds. The number of benzene rings is 1. The first kappa shape index (κ1) is 19.2. The summed E-state index contributed by atoms with van der Waals surface area (Å²) in [4.78, 5) is 27.0. The van der Waals surface area contributed by atoms with Crippen LogP contribution < -0.4 is 15.4 Å². The van der Waals surface area contributed by atoms with Gasteiger partial charge in [-0.15, -0.1) is 0 Å². The number of amides is 2. The number of rotatable bonds is 6. The molecule has 8 heteroatoms. The molecule has 2 rings (SSSR count). The van der Waals surface area contributed by atoms with E-state index in [0.717, 1.165) is 18.1 Å². The maximum atomic E-state index is 12.0. The molecule has 138 valence electrons. The molecule has 0 saturated carbocycles. The van der Waals surface area contributed by atoms with E-state index in [0.29, 0.717) is 11.4 Å². The largest absolute Gasteiger partial charge is 0.479 e. The summed E-state index contributed by atoms with van der Waals surface area (Å²) in [6.45, 7) is 4.51. The minimum Gasteiger partial charge on any atom is -0.479 e. The number of ether oxygens (including phenoxy) is 1. The van der Waals surface area contributed by atoms with Crippen molar-refractivity contribution in [2.45, 2.75) is 26.4 Å². The minimum atomic E-state index is -2.07. The summed E-state index contributed by atoms with van der Waals surface area (Å²) in [5, 5.41) is 23.3. The zero-order chi connectivity index (χ0) is 19.3. The number of aliphatic carboxylic acids is 1. The van der Waals surface area contributed by atoms with E-state index in [2.05, 4.69) is 15.6 Å². The van der Waals surface area contributed by atoms with Gasteiger partial charge < -0.3 is 25.6 Å². The molecule has 0 saturated heterocycles. The van der Waals surface area contributed by atoms with Crippen molar-refractivity contribution in [1.82, 2.24) is 10.3 Å². The van der Waals surface area contributed by atoms with Crippen LogP contribution in [0.15, 0.2) is 36.5 Å². The molecule has 2 aromatic rings. The lowest BCUT2D eigenvalue weighted by molar-refractivity contribution is -0.155. The Hall–Kier alpha value is -3.13. The summed E-state index contributed by atoms with van der Waals surface area (Å²) in [7, 11) is 0. The topological polar surface area (TPSA) is 121 Å². The van der Waals surface area contributed by atoms with E-state index in [1.807, 2.05) is 26.0 Å². The lowest BCUT2D eigenvalue weighted by Gasteiger charge is -2.19. The fourth-order valence-electron chi connectivity index (χ4n) is 2.00. The fraction of sp³-hybridized carbons (Fsp3) is 0.278. The summed E-state index contributed by atoms with van der Waals surface area (Å²) in [6.07, 6.45) is 1.53. The highest BCUT2D eigenvalue weighted by Gasteiger charge is 2.30. The summed E-state index contributed by atoms with van der Waals surface area (Å²) in [6, 6.07) is 8.15. The molecule has 0 aliphatic heterocycles. The van der Waals surface area contributed by atoms with Gasteiger partial charge in [0.1, 0.15) is 11.4 Å². The standard InChI is InChI=1S/C18H21N3O5/c1-11-6-4-8-14(12(11)2)26-15-13(7-5-9-19-15)21-17(24)20-10-18(3,25)16(22)23/h4-9,25H,10H2,1-3H3,(H,22,23)(H2,20,21,24). The highest BCUT2D eigenvalue weighted by atomic mass is 16.5. The van der Waals surface area contributed by atoms with E-state index in [-0.39, 0.29) is 5.88 Å². The predicted molar refractivity (Wildman–Crippen MR) is 95.5 cm³/mol. The number of pyridine rings is 1. The molecule has 26 heavy (non-hydrogen) atoms. The van der Waals surface area contributed by atoms with Gasteiger partial charge in [0.25, 0.3) is 0 Å². The van der Waals surface area contributed by atoms with E-state index in [4.69, 9.17) is 9.84 Å². The number of carboxylic acids is 1. The van der Waals surface area contributed by atoms with E-state index >= 15 is 0 Å². The molecular weight excluding hydrogens is 338 g/mol. The molecule has 1 aromatic carbocycles. The number of carbonyl (C=O) groups is 2. The first-order valence-corrected chi connectivity index (χ1v) is 7.90. The molecule has 8 nitrogen and oxygen atoms in total. The third-order valence-electron chi connectivity index (χ3n) is 3.83. The van der Waals surface area contributed by atoms with Gasteiger partial charge >= 0.3 is 12.0 Å². The first-order valence-electron chi connectivity index (χ1n) is 7.90. The van der Waals surface area contributed by atoms with Crippen molar-refractivity contribution in [3.05, 3.63) is 47.7 Å². The molecule has 1 heterocycles. The van der Waals surface area contributed by atoms with Gasteiger partial charge in [0.15, 0.2) is 5.60 Å². The van der Waals surface area contributed by atoms with Crippen molar-refractivity contribution in [2.75, 3.05) is 11.9 Å². The van der Waals surface area contributed by atoms with Crippen LogP contribution in [0.4, 0.5) is 10.5 Å². The molecule has 0 fully saturated rings. The van der Waals surface area contributed by atoms with E-state index in [9.17, 15) is 14.7 Å². The van der Waals surface area contributed by atoms with Crippen LogP contribution in [0, 0.1) is 13.8 Å². The summed E-state index contributed by atoms with van der Waals surface area (Å²) in [5.74, 6) is -0.625. The van der Waals surface area contributed by atoms with Crippen LogP contribution >= 0.6 is 0 Å². The van der Waals surface area contributed by atoms with Crippen LogP contribution in [0.1, 0.15) is 18.1 Å².